The van der Waals surface area contributed by atoms with E-state index in [1.807, 2.05) is 0 Å². The molecule has 2 heterocycles. The van der Waals surface area contributed by atoms with Crippen molar-refractivity contribution < 1.29 is 9.47 Å². The van der Waals surface area contributed by atoms with E-state index in [1.54, 1.807) is 5.57 Å². The number of nitrogens with one attached hydrogen (secondary N) is 1. The van der Waals surface area contributed by atoms with Crippen LogP contribution in [0.2, 0.25) is 0 Å². The minimum Gasteiger partial charge on any atom is -0.490 e. The Kier molecular flexibility index (Phi) is 4.96. The molecule has 5 rings (SSSR count). The van der Waals surface area contributed by atoms with E-state index in [-0.39, 0.29) is 11.5 Å². The third kappa shape index (κ3) is 3.49. The third-order valence-electron chi connectivity index (χ3n) is 6.57. The maximum absolute atomic E-state index is 6.34. The van der Waals surface area contributed by atoms with Gasteiger partial charge >= 0.3 is 0 Å². The van der Waals surface area contributed by atoms with Gasteiger partial charge < -0.3 is 14.8 Å². The van der Waals surface area contributed by atoms with Gasteiger partial charge in [-0.3, -0.25) is 0 Å². The van der Waals surface area contributed by atoms with Crippen molar-refractivity contribution in [2.75, 3.05) is 26.3 Å². The van der Waals surface area contributed by atoms with Crippen LogP contribution < -0.4 is 20.5 Å². The SMILES string of the molecule is C1=c2ccc(OC3CCOCC3)cc2=C(Cc2ccccc2)C12CCNCC2. The quantitative estimate of drug-likeness (QED) is 0.891. The number of piperidine rings is 1. The van der Waals surface area contributed by atoms with E-state index in [9.17, 15) is 0 Å². The van der Waals surface area contributed by atoms with Gasteiger partial charge in [-0.05, 0) is 66.1 Å². The van der Waals surface area contributed by atoms with Crippen molar-refractivity contribution in [2.45, 2.75) is 38.2 Å². The van der Waals surface area contributed by atoms with Crippen molar-refractivity contribution in [3.05, 3.63) is 64.5 Å². The van der Waals surface area contributed by atoms with Gasteiger partial charge in [0.05, 0.1) is 13.2 Å². The van der Waals surface area contributed by atoms with Gasteiger partial charge in [-0.2, -0.15) is 0 Å². The highest BCUT2D eigenvalue weighted by molar-refractivity contribution is 5.70. The molecule has 2 aromatic rings. The van der Waals surface area contributed by atoms with E-state index < -0.39 is 0 Å². The molecular weight excluding hydrogens is 346 g/mol. The van der Waals surface area contributed by atoms with E-state index in [2.05, 4.69) is 59.9 Å². The second-order valence-electron chi connectivity index (χ2n) is 8.37. The summed E-state index contributed by atoms with van der Waals surface area (Å²) in [4.78, 5) is 0. The highest BCUT2D eigenvalue weighted by atomic mass is 16.5. The molecule has 2 saturated heterocycles. The van der Waals surface area contributed by atoms with Crippen molar-refractivity contribution >= 4 is 11.6 Å². The molecule has 3 nitrogen and oxygen atoms in total. The maximum Gasteiger partial charge on any atom is 0.120 e. The molecular formula is C25H29NO2. The number of hydrogen-bond donors (Lipinski definition) is 1. The largest absolute Gasteiger partial charge is 0.490 e. The zero-order valence-electron chi connectivity index (χ0n) is 16.5. The number of benzene rings is 2. The summed E-state index contributed by atoms with van der Waals surface area (Å²) in [6.45, 7) is 3.80. The van der Waals surface area contributed by atoms with Crippen molar-refractivity contribution in [3.63, 3.8) is 0 Å². The summed E-state index contributed by atoms with van der Waals surface area (Å²) in [5.74, 6) is 1.01. The van der Waals surface area contributed by atoms with E-state index in [0.29, 0.717) is 0 Å². The standard InChI is InChI=1S/C25H29NO2/c1-2-4-19(5-3-1)16-24-23-17-22(28-21-8-14-27-15-9-21)7-6-20(23)18-25(24)10-12-26-13-11-25/h1-7,17-18,21,26H,8-16H2. The normalized spacial score (nSPS) is 21.4. The van der Waals surface area contributed by atoms with E-state index >= 15 is 0 Å². The monoisotopic (exact) mass is 375 g/mol. The van der Waals surface area contributed by atoms with Gasteiger partial charge in [0.1, 0.15) is 11.9 Å². The zero-order valence-corrected chi connectivity index (χ0v) is 16.5. The third-order valence-corrected chi connectivity index (χ3v) is 6.57. The van der Waals surface area contributed by atoms with Crippen LogP contribution in [0.5, 0.6) is 5.75 Å². The van der Waals surface area contributed by atoms with Gasteiger partial charge in [-0.15, -0.1) is 0 Å². The van der Waals surface area contributed by atoms with Crippen LogP contribution in [0.1, 0.15) is 31.2 Å². The summed E-state index contributed by atoms with van der Waals surface area (Å²) in [5.41, 5.74) is 3.17. The Bertz CT molecular complexity index is 938. The Balaban J connectivity index is 1.54. The minimum absolute atomic E-state index is 0.195. The smallest absolute Gasteiger partial charge is 0.120 e. The Hall–Kier alpha value is -2.10. The van der Waals surface area contributed by atoms with Crippen molar-refractivity contribution in [1.29, 1.82) is 0 Å². The summed E-state index contributed by atoms with van der Waals surface area (Å²) in [5, 5.41) is 6.32. The van der Waals surface area contributed by atoms with E-state index in [0.717, 1.165) is 51.3 Å². The lowest BCUT2D eigenvalue weighted by Gasteiger charge is -2.36. The Morgan fingerprint density at radius 1 is 1.00 bits per heavy atom. The molecule has 1 aliphatic carbocycles. The first kappa shape index (κ1) is 18.0. The highest BCUT2D eigenvalue weighted by Gasteiger charge is 2.36. The molecule has 2 aromatic carbocycles. The molecule has 0 saturated carbocycles. The molecule has 0 aromatic heterocycles. The predicted molar refractivity (Wildman–Crippen MR) is 113 cm³/mol. The molecule has 0 atom stereocenters. The highest BCUT2D eigenvalue weighted by Crippen LogP contribution is 2.42. The summed E-state index contributed by atoms with van der Waals surface area (Å²) in [6, 6.07) is 17.6. The Morgan fingerprint density at radius 2 is 1.79 bits per heavy atom. The van der Waals surface area contributed by atoms with Crippen LogP contribution in [0, 0.1) is 5.41 Å². The molecule has 3 aliphatic rings. The first-order chi connectivity index (χ1) is 13.8. The number of hydrogen-bond acceptors (Lipinski definition) is 3. The molecule has 0 bridgehead atoms. The minimum atomic E-state index is 0.195. The second kappa shape index (κ2) is 7.73. The number of fused-ring (bicyclic) bond motifs is 1. The molecule has 28 heavy (non-hydrogen) atoms. The summed E-state index contributed by atoms with van der Waals surface area (Å²) in [6.07, 6.45) is 8.17. The van der Waals surface area contributed by atoms with Crippen LogP contribution in [-0.4, -0.2) is 32.4 Å². The summed E-state index contributed by atoms with van der Waals surface area (Å²) in [7, 11) is 0. The molecule has 146 valence electrons. The summed E-state index contributed by atoms with van der Waals surface area (Å²) < 4.78 is 11.8. The van der Waals surface area contributed by atoms with Crippen LogP contribution in [0.15, 0.2) is 48.5 Å². The lowest BCUT2D eigenvalue weighted by Crippen LogP contribution is -2.36. The van der Waals surface area contributed by atoms with Gasteiger partial charge in [0.15, 0.2) is 0 Å². The van der Waals surface area contributed by atoms with Crippen LogP contribution >= 0.6 is 0 Å². The topological polar surface area (TPSA) is 30.5 Å². The van der Waals surface area contributed by atoms with Gasteiger partial charge in [-0.1, -0.05) is 42.5 Å². The molecule has 1 spiro atoms. The van der Waals surface area contributed by atoms with Gasteiger partial charge in [0.25, 0.3) is 0 Å². The average Bonchev–Trinajstić information content (AvgIpc) is 3.02. The van der Waals surface area contributed by atoms with Crippen LogP contribution in [0.3, 0.4) is 0 Å². The molecule has 0 unspecified atom stereocenters. The van der Waals surface area contributed by atoms with Gasteiger partial charge in [0.2, 0.25) is 0 Å². The molecule has 2 aliphatic heterocycles. The number of rotatable bonds is 4. The molecule has 0 amide bonds. The van der Waals surface area contributed by atoms with Crippen LogP contribution in [-0.2, 0) is 11.2 Å². The first-order valence-electron chi connectivity index (χ1n) is 10.7. The average molecular weight is 376 g/mol. The molecule has 1 N–H and O–H groups in total. The second-order valence-corrected chi connectivity index (χ2v) is 8.37. The molecule has 0 radical (unpaired) electrons. The Morgan fingerprint density at radius 3 is 2.57 bits per heavy atom. The lowest BCUT2D eigenvalue weighted by atomic mass is 9.72. The van der Waals surface area contributed by atoms with Crippen molar-refractivity contribution in [2.24, 2.45) is 5.41 Å². The van der Waals surface area contributed by atoms with Crippen LogP contribution in [0.4, 0.5) is 0 Å². The molecule has 2 fully saturated rings. The first-order valence-corrected chi connectivity index (χ1v) is 10.7. The molecule has 3 heteroatoms. The number of ether oxygens (including phenoxy) is 2. The van der Waals surface area contributed by atoms with Crippen molar-refractivity contribution in [1.82, 2.24) is 5.32 Å². The van der Waals surface area contributed by atoms with E-state index in [1.165, 1.54) is 28.8 Å². The fraction of sp³-hybridized carbons (Fsp3) is 0.440. The van der Waals surface area contributed by atoms with Gasteiger partial charge in [-0.25, -0.2) is 0 Å². The lowest BCUT2D eigenvalue weighted by molar-refractivity contribution is 0.0255. The van der Waals surface area contributed by atoms with E-state index in [4.69, 9.17) is 9.47 Å². The fourth-order valence-corrected chi connectivity index (χ4v) is 5.03. The Labute approximate surface area is 167 Å². The maximum atomic E-state index is 6.34. The zero-order chi connectivity index (χ0) is 18.8. The predicted octanol–water partition coefficient (Wildman–Crippen LogP) is 2.80. The van der Waals surface area contributed by atoms with Crippen LogP contribution in [0.25, 0.3) is 11.6 Å². The van der Waals surface area contributed by atoms with Crippen molar-refractivity contribution in [3.8, 4) is 5.75 Å². The fourth-order valence-electron chi connectivity index (χ4n) is 5.03. The summed E-state index contributed by atoms with van der Waals surface area (Å²) >= 11 is 0. The van der Waals surface area contributed by atoms with Gasteiger partial charge in [0, 0.05) is 18.3 Å².